The second kappa shape index (κ2) is 8.84. The van der Waals surface area contributed by atoms with Gasteiger partial charge in [0.1, 0.15) is 0 Å². The van der Waals surface area contributed by atoms with Crippen LogP contribution in [0.1, 0.15) is 49.9 Å². The summed E-state index contributed by atoms with van der Waals surface area (Å²) in [5.41, 5.74) is 1.78. The van der Waals surface area contributed by atoms with Crippen LogP contribution in [0.3, 0.4) is 0 Å². The zero-order valence-electron chi connectivity index (χ0n) is 17.3. The summed E-state index contributed by atoms with van der Waals surface area (Å²) in [7, 11) is 0. The molecule has 2 N–H and O–H groups in total. The molecule has 0 aliphatic heterocycles. The summed E-state index contributed by atoms with van der Waals surface area (Å²) in [6, 6.07) is 14.5. The van der Waals surface area contributed by atoms with E-state index in [-0.39, 0.29) is 5.41 Å². The normalized spacial score (nSPS) is 12.9. The highest BCUT2D eigenvalue weighted by molar-refractivity contribution is 6.30. The number of hydrogen-bond donors (Lipinski definition) is 2. The molecule has 3 rings (SSSR count). The minimum Gasteiger partial charge on any atom is -0.465 e. The number of amides is 1. The van der Waals surface area contributed by atoms with E-state index in [9.17, 15) is 9.90 Å². The van der Waals surface area contributed by atoms with E-state index in [0.29, 0.717) is 11.4 Å². The van der Waals surface area contributed by atoms with E-state index in [4.69, 9.17) is 11.6 Å². The number of pyridine rings is 2. The van der Waals surface area contributed by atoms with Gasteiger partial charge in [0, 0.05) is 35.2 Å². The number of nitrogens with zero attached hydrogens (tertiary/aromatic N) is 2. The van der Waals surface area contributed by atoms with E-state index < -0.39 is 17.6 Å². The number of hydrogen-bond acceptors (Lipinski definition) is 3. The molecule has 0 saturated heterocycles. The Kier molecular flexibility index (Phi) is 6.42. The van der Waals surface area contributed by atoms with E-state index in [1.807, 2.05) is 48.8 Å². The fourth-order valence-electron chi connectivity index (χ4n) is 4.17. The van der Waals surface area contributed by atoms with Crippen LogP contribution in [0.2, 0.25) is 5.02 Å². The third kappa shape index (κ3) is 4.79. The van der Waals surface area contributed by atoms with Gasteiger partial charge in [0.05, 0.1) is 6.04 Å². The number of benzene rings is 1. The number of rotatable bonds is 6. The van der Waals surface area contributed by atoms with Gasteiger partial charge in [0.25, 0.3) is 0 Å². The molecule has 2 aromatic heterocycles. The molecule has 3 aromatic rings. The first-order valence-electron chi connectivity index (χ1n) is 9.78. The molecule has 0 spiro atoms. The van der Waals surface area contributed by atoms with Crippen LogP contribution in [0, 0.1) is 5.41 Å². The maximum Gasteiger partial charge on any atom is 0.405 e. The van der Waals surface area contributed by atoms with Gasteiger partial charge in [-0.15, -0.1) is 0 Å². The molecule has 1 aromatic carbocycles. The number of carboxylic acid groups (broad SMARTS) is 1. The van der Waals surface area contributed by atoms with E-state index in [1.54, 1.807) is 24.5 Å². The Morgan fingerprint density at radius 1 is 1.00 bits per heavy atom. The summed E-state index contributed by atoms with van der Waals surface area (Å²) < 4.78 is 0. The molecular formula is C24H26ClN3O2. The van der Waals surface area contributed by atoms with Crippen molar-refractivity contribution < 1.29 is 9.90 Å². The molecule has 0 saturated carbocycles. The fraction of sp³-hybridized carbons (Fsp3) is 0.292. The molecule has 0 radical (unpaired) electrons. The van der Waals surface area contributed by atoms with E-state index in [2.05, 4.69) is 36.1 Å². The maximum atomic E-state index is 12.0. The van der Waals surface area contributed by atoms with Gasteiger partial charge in [-0.05, 0) is 52.8 Å². The van der Waals surface area contributed by atoms with E-state index >= 15 is 0 Å². The van der Waals surface area contributed by atoms with Gasteiger partial charge in [0.15, 0.2) is 0 Å². The second-order valence-electron chi connectivity index (χ2n) is 8.63. The zero-order chi connectivity index (χ0) is 21.8. The first-order chi connectivity index (χ1) is 14.2. The molecule has 0 aliphatic carbocycles. The van der Waals surface area contributed by atoms with E-state index in [0.717, 1.165) is 16.7 Å². The van der Waals surface area contributed by atoms with Crippen molar-refractivity contribution in [3.63, 3.8) is 0 Å². The number of carbonyl (C=O) groups is 1. The summed E-state index contributed by atoms with van der Waals surface area (Å²) >= 11 is 6.12. The van der Waals surface area contributed by atoms with Crippen LogP contribution >= 0.6 is 11.6 Å². The molecule has 0 fully saturated rings. The summed E-state index contributed by atoms with van der Waals surface area (Å²) in [4.78, 5) is 20.7. The van der Waals surface area contributed by atoms with Gasteiger partial charge in [-0.25, -0.2) is 4.79 Å². The highest BCUT2D eigenvalue weighted by atomic mass is 35.5. The van der Waals surface area contributed by atoms with Crippen LogP contribution in [-0.4, -0.2) is 21.2 Å². The molecule has 156 valence electrons. The predicted octanol–water partition coefficient (Wildman–Crippen LogP) is 5.86. The molecule has 0 bridgehead atoms. The highest BCUT2D eigenvalue weighted by Gasteiger charge is 2.46. The van der Waals surface area contributed by atoms with Crippen LogP contribution in [0.25, 0.3) is 0 Å². The average molecular weight is 424 g/mol. The smallest absolute Gasteiger partial charge is 0.405 e. The summed E-state index contributed by atoms with van der Waals surface area (Å²) in [5, 5.41) is 13.2. The number of nitrogens with one attached hydrogen (secondary N) is 1. The minimum atomic E-state index is -1.10. The molecular weight excluding hydrogens is 398 g/mol. The largest absolute Gasteiger partial charge is 0.465 e. The van der Waals surface area contributed by atoms with Gasteiger partial charge >= 0.3 is 6.09 Å². The summed E-state index contributed by atoms with van der Waals surface area (Å²) in [6.07, 6.45) is 6.62. The highest BCUT2D eigenvalue weighted by Crippen LogP contribution is 2.50. The Balaban J connectivity index is 2.36. The van der Waals surface area contributed by atoms with Gasteiger partial charge < -0.3 is 10.4 Å². The Bertz CT molecular complexity index is 931. The Morgan fingerprint density at radius 3 is 1.93 bits per heavy atom. The van der Waals surface area contributed by atoms with Crippen LogP contribution in [0.5, 0.6) is 0 Å². The van der Waals surface area contributed by atoms with Crippen molar-refractivity contribution in [1.82, 2.24) is 15.3 Å². The van der Waals surface area contributed by atoms with Crippen LogP contribution in [0.4, 0.5) is 4.79 Å². The van der Waals surface area contributed by atoms with Crippen molar-refractivity contribution in [3.05, 3.63) is 95.0 Å². The Hall–Kier alpha value is -2.92. The third-order valence-electron chi connectivity index (χ3n) is 5.13. The summed E-state index contributed by atoms with van der Waals surface area (Å²) in [6.45, 7) is 6.44. The summed E-state index contributed by atoms with van der Waals surface area (Å²) in [5.74, 6) is 0. The van der Waals surface area contributed by atoms with Crippen molar-refractivity contribution in [2.45, 2.75) is 38.6 Å². The average Bonchev–Trinajstić information content (AvgIpc) is 2.72. The lowest BCUT2D eigenvalue weighted by Crippen LogP contribution is -2.47. The number of aromatic nitrogens is 2. The van der Waals surface area contributed by atoms with Gasteiger partial charge in [0.2, 0.25) is 0 Å². The molecule has 6 heteroatoms. The number of halogens is 1. The molecule has 1 amide bonds. The maximum absolute atomic E-state index is 12.0. The molecule has 30 heavy (non-hydrogen) atoms. The lowest BCUT2D eigenvalue weighted by molar-refractivity contribution is 0.173. The van der Waals surface area contributed by atoms with Crippen molar-refractivity contribution in [3.8, 4) is 0 Å². The predicted molar refractivity (Wildman–Crippen MR) is 119 cm³/mol. The fourth-order valence-corrected chi connectivity index (χ4v) is 4.29. The van der Waals surface area contributed by atoms with Crippen LogP contribution in [-0.2, 0) is 5.41 Å². The van der Waals surface area contributed by atoms with Gasteiger partial charge in [-0.3, -0.25) is 9.97 Å². The van der Waals surface area contributed by atoms with Crippen molar-refractivity contribution >= 4 is 17.7 Å². The molecule has 1 atom stereocenters. The van der Waals surface area contributed by atoms with Crippen molar-refractivity contribution in [2.75, 3.05) is 0 Å². The van der Waals surface area contributed by atoms with Crippen molar-refractivity contribution in [1.29, 1.82) is 0 Å². The molecule has 0 aliphatic rings. The SMILES string of the molecule is CC(C)(C)CC(c1cccnc1)(c1cccnc1)C(NC(=O)O)c1ccc(Cl)cc1. The first kappa shape index (κ1) is 21.8. The Morgan fingerprint density at radius 2 is 1.53 bits per heavy atom. The van der Waals surface area contributed by atoms with E-state index in [1.165, 1.54) is 0 Å². The lowest BCUT2D eigenvalue weighted by Gasteiger charge is -2.45. The van der Waals surface area contributed by atoms with Gasteiger partial charge in [-0.2, -0.15) is 0 Å². The zero-order valence-corrected chi connectivity index (χ0v) is 18.1. The standard InChI is InChI=1S/C24H26ClN3O2/c1-23(2,3)16-24(18-6-4-12-26-14-18,19-7-5-13-27-15-19)21(28-22(29)30)17-8-10-20(25)11-9-17/h4-15,21,28H,16H2,1-3H3,(H,29,30). The van der Waals surface area contributed by atoms with Crippen molar-refractivity contribution in [2.24, 2.45) is 5.41 Å². The first-order valence-corrected chi connectivity index (χ1v) is 10.2. The van der Waals surface area contributed by atoms with Crippen LogP contribution in [0.15, 0.2) is 73.3 Å². The molecule has 5 nitrogen and oxygen atoms in total. The molecule has 1 unspecified atom stereocenters. The topological polar surface area (TPSA) is 75.1 Å². The Labute approximate surface area is 182 Å². The van der Waals surface area contributed by atoms with Crippen LogP contribution < -0.4 is 5.32 Å². The monoisotopic (exact) mass is 423 g/mol. The quantitative estimate of drug-likeness (QED) is 0.520. The lowest BCUT2D eigenvalue weighted by atomic mass is 9.61. The second-order valence-corrected chi connectivity index (χ2v) is 9.06. The van der Waals surface area contributed by atoms with Gasteiger partial charge in [-0.1, -0.05) is 56.6 Å². The molecule has 2 heterocycles. The minimum absolute atomic E-state index is 0.128. The third-order valence-corrected chi connectivity index (χ3v) is 5.38.